The molecule has 1 unspecified atom stereocenters. The van der Waals surface area contributed by atoms with Crippen LogP contribution in [0, 0.1) is 0 Å². The molecule has 1 aromatic rings. The third-order valence-corrected chi connectivity index (χ3v) is 3.18. The predicted molar refractivity (Wildman–Crippen MR) is 76.3 cm³/mol. The minimum absolute atomic E-state index is 0.131. The zero-order valence-corrected chi connectivity index (χ0v) is 12.2. The molecule has 0 saturated carbocycles. The Kier molecular flexibility index (Phi) is 6.06. The second-order valence-corrected chi connectivity index (χ2v) is 4.81. The van der Waals surface area contributed by atoms with Crippen LogP contribution in [0.2, 0.25) is 10.0 Å². The van der Waals surface area contributed by atoms with Gasteiger partial charge in [-0.1, -0.05) is 23.2 Å². The van der Waals surface area contributed by atoms with Crippen molar-refractivity contribution in [3.05, 3.63) is 27.7 Å². The summed E-state index contributed by atoms with van der Waals surface area (Å²) in [4.78, 5) is 23.0. The van der Waals surface area contributed by atoms with Gasteiger partial charge in [0.1, 0.15) is 6.04 Å². The Morgan fingerprint density at radius 1 is 1.40 bits per heavy atom. The number of carboxylic acids is 1. The van der Waals surface area contributed by atoms with Gasteiger partial charge in [0.05, 0.1) is 15.7 Å². The third kappa shape index (κ3) is 4.26. The van der Waals surface area contributed by atoms with Gasteiger partial charge >= 0.3 is 5.97 Å². The summed E-state index contributed by atoms with van der Waals surface area (Å²) < 4.78 is 4.79. The van der Waals surface area contributed by atoms with Gasteiger partial charge in [0.15, 0.2) is 0 Å². The minimum Gasteiger partial charge on any atom is -0.480 e. The summed E-state index contributed by atoms with van der Waals surface area (Å²) in [5.74, 6) is -1.75. The van der Waals surface area contributed by atoms with Crippen LogP contribution in [0.5, 0.6) is 0 Å². The van der Waals surface area contributed by atoms with E-state index in [2.05, 4.69) is 5.32 Å². The molecule has 0 saturated heterocycles. The fraction of sp³-hybridized carbons (Fsp3) is 0.333. The number of carboxylic acid groups (broad SMARTS) is 1. The van der Waals surface area contributed by atoms with Crippen LogP contribution in [-0.4, -0.2) is 36.7 Å². The third-order valence-electron chi connectivity index (χ3n) is 2.56. The van der Waals surface area contributed by atoms with Crippen LogP contribution in [0.15, 0.2) is 12.1 Å². The molecule has 0 fully saturated rings. The van der Waals surface area contributed by atoms with Gasteiger partial charge in [0.25, 0.3) is 5.91 Å². The van der Waals surface area contributed by atoms with Crippen LogP contribution in [0.3, 0.4) is 0 Å². The van der Waals surface area contributed by atoms with Crippen LogP contribution < -0.4 is 11.1 Å². The van der Waals surface area contributed by atoms with Crippen LogP contribution in [0.1, 0.15) is 16.8 Å². The number of carbonyl (C=O) groups is 2. The lowest BCUT2D eigenvalue weighted by Crippen LogP contribution is -2.41. The summed E-state index contributed by atoms with van der Waals surface area (Å²) in [5, 5.41) is 11.6. The van der Waals surface area contributed by atoms with E-state index in [-0.39, 0.29) is 34.3 Å². The number of benzene rings is 1. The molecule has 0 radical (unpaired) electrons. The molecule has 110 valence electrons. The first-order chi connectivity index (χ1) is 9.36. The molecule has 6 nitrogen and oxygen atoms in total. The number of methoxy groups -OCH3 is 1. The van der Waals surface area contributed by atoms with E-state index in [0.717, 1.165) is 0 Å². The highest BCUT2D eigenvalue weighted by Crippen LogP contribution is 2.28. The van der Waals surface area contributed by atoms with Gasteiger partial charge in [-0.3, -0.25) is 4.79 Å². The molecule has 0 aliphatic carbocycles. The fourth-order valence-electron chi connectivity index (χ4n) is 1.45. The van der Waals surface area contributed by atoms with E-state index in [9.17, 15) is 9.59 Å². The van der Waals surface area contributed by atoms with Crippen molar-refractivity contribution in [1.29, 1.82) is 0 Å². The van der Waals surface area contributed by atoms with Gasteiger partial charge in [-0.25, -0.2) is 4.79 Å². The van der Waals surface area contributed by atoms with Crippen molar-refractivity contribution in [3.63, 3.8) is 0 Å². The number of hydrogen-bond acceptors (Lipinski definition) is 4. The van der Waals surface area contributed by atoms with Gasteiger partial charge in [-0.05, 0) is 12.1 Å². The Morgan fingerprint density at radius 3 is 2.40 bits per heavy atom. The number of rotatable bonds is 6. The molecule has 20 heavy (non-hydrogen) atoms. The highest BCUT2D eigenvalue weighted by atomic mass is 35.5. The van der Waals surface area contributed by atoms with E-state index in [4.69, 9.17) is 38.8 Å². The van der Waals surface area contributed by atoms with E-state index in [0.29, 0.717) is 0 Å². The Bertz CT molecular complexity index is 499. The molecule has 0 aliphatic heterocycles. The lowest BCUT2D eigenvalue weighted by Gasteiger charge is -2.14. The first-order valence-corrected chi connectivity index (χ1v) is 6.39. The second-order valence-electron chi connectivity index (χ2n) is 4.00. The van der Waals surface area contributed by atoms with Crippen molar-refractivity contribution in [2.75, 3.05) is 19.5 Å². The van der Waals surface area contributed by atoms with Crippen LogP contribution in [-0.2, 0) is 9.53 Å². The maximum Gasteiger partial charge on any atom is 0.326 e. The number of aliphatic carboxylic acids is 1. The molecule has 1 amide bonds. The lowest BCUT2D eigenvalue weighted by molar-refractivity contribution is -0.139. The Labute approximate surface area is 125 Å². The van der Waals surface area contributed by atoms with Gasteiger partial charge in [-0.2, -0.15) is 0 Å². The van der Waals surface area contributed by atoms with E-state index < -0.39 is 17.9 Å². The van der Waals surface area contributed by atoms with Crippen molar-refractivity contribution in [2.24, 2.45) is 0 Å². The number of anilines is 1. The smallest absolute Gasteiger partial charge is 0.326 e. The van der Waals surface area contributed by atoms with Crippen LogP contribution >= 0.6 is 23.2 Å². The minimum atomic E-state index is -1.15. The van der Waals surface area contributed by atoms with E-state index in [1.807, 2.05) is 0 Å². The number of amides is 1. The molecule has 1 atom stereocenters. The number of ether oxygens (including phenoxy) is 1. The van der Waals surface area contributed by atoms with Crippen molar-refractivity contribution in [1.82, 2.24) is 5.32 Å². The van der Waals surface area contributed by atoms with E-state index in [1.54, 1.807) is 0 Å². The normalized spacial score (nSPS) is 11.9. The maximum atomic E-state index is 12.0. The van der Waals surface area contributed by atoms with Crippen molar-refractivity contribution < 1.29 is 19.4 Å². The molecule has 4 N–H and O–H groups in total. The highest BCUT2D eigenvalue weighted by molar-refractivity contribution is 6.39. The molecule has 0 aromatic heterocycles. The van der Waals surface area contributed by atoms with Gasteiger partial charge in [0.2, 0.25) is 0 Å². The average molecular weight is 321 g/mol. The summed E-state index contributed by atoms with van der Waals surface area (Å²) in [5.41, 5.74) is 5.86. The summed E-state index contributed by atoms with van der Waals surface area (Å²) in [6, 6.07) is 1.60. The van der Waals surface area contributed by atoms with Gasteiger partial charge < -0.3 is 20.9 Å². The predicted octanol–water partition coefficient (Wildman–Crippen LogP) is 1.80. The van der Waals surface area contributed by atoms with Gasteiger partial charge in [0, 0.05) is 25.7 Å². The molecule has 1 rings (SSSR count). The Morgan fingerprint density at radius 2 is 1.95 bits per heavy atom. The summed E-state index contributed by atoms with van der Waals surface area (Å²) in [6.45, 7) is 0.209. The Balaban J connectivity index is 2.86. The molecule has 0 bridgehead atoms. The summed E-state index contributed by atoms with van der Waals surface area (Å²) in [7, 11) is 1.44. The number of halogens is 2. The van der Waals surface area contributed by atoms with Crippen molar-refractivity contribution >= 4 is 40.8 Å². The molecular formula is C12H14Cl2N2O4. The van der Waals surface area contributed by atoms with E-state index >= 15 is 0 Å². The van der Waals surface area contributed by atoms with E-state index in [1.165, 1.54) is 19.2 Å². The first-order valence-electron chi connectivity index (χ1n) is 5.64. The Hall–Kier alpha value is -1.50. The summed E-state index contributed by atoms with van der Waals surface area (Å²) >= 11 is 11.6. The largest absolute Gasteiger partial charge is 0.480 e. The highest BCUT2D eigenvalue weighted by Gasteiger charge is 2.21. The van der Waals surface area contributed by atoms with Crippen LogP contribution in [0.4, 0.5) is 5.69 Å². The number of nitrogens with one attached hydrogen (secondary N) is 1. The molecule has 0 spiro atoms. The number of nitrogens with two attached hydrogens (primary N) is 1. The van der Waals surface area contributed by atoms with Crippen LogP contribution in [0.25, 0.3) is 0 Å². The fourth-order valence-corrected chi connectivity index (χ4v) is 1.94. The zero-order valence-electron chi connectivity index (χ0n) is 10.7. The van der Waals surface area contributed by atoms with Crippen molar-refractivity contribution in [3.8, 4) is 0 Å². The molecule has 8 heteroatoms. The quantitative estimate of drug-likeness (QED) is 0.694. The SMILES string of the molecule is COCCC(NC(=O)c1cc(Cl)c(N)c(Cl)c1)C(=O)O. The molecule has 0 heterocycles. The monoisotopic (exact) mass is 320 g/mol. The first kappa shape index (κ1) is 16.6. The van der Waals surface area contributed by atoms with Crippen molar-refractivity contribution in [2.45, 2.75) is 12.5 Å². The standard InChI is InChI=1S/C12H14Cl2N2O4/c1-20-3-2-9(12(18)19)16-11(17)6-4-7(13)10(15)8(14)5-6/h4-5,9H,2-3,15H2,1H3,(H,16,17)(H,18,19). The van der Waals surface area contributed by atoms with Gasteiger partial charge in [-0.15, -0.1) is 0 Å². The molecule has 1 aromatic carbocycles. The topological polar surface area (TPSA) is 102 Å². The summed E-state index contributed by atoms with van der Waals surface area (Å²) in [6.07, 6.45) is 0.147. The average Bonchev–Trinajstić information content (AvgIpc) is 2.39. The number of hydrogen-bond donors (Lipinski definition) is 3. The number of carbonyl (C=O) groups excluding carboxylic acids is 1. The second kappa shape index (κ2) is 7.33. The number of nitrogen functional groups attached to an aromatic ring is 1. The maximum absolute atomic E-state index is 12.0. The zero-order chi connectivity index (χ0) is 15.3. The lowest BCUT2D eigenvalue weighted by atomic mass is 10.1. The molecular weight excluding hydrogens is 307 g/mol. The molecule has 0 aliphatic rings.